The summed E-state index contributed by atoms with van der Waals surface area (Å²) in [5, 5.41) is 42.4. The van der Waals surface area contributed by atoms with Crippen LogP contribution in [0.5, 0.6) is 0 Å². The summed E-state index contributed by atoms with van der Waals surface area (Å²) >= 11 is 0. The third-order valence-corrected chi connectivity index (χ3v) is 17.9. The van der Waals surface area contributed by atoms with E-state index in [1.54, 1.807) is 0 Å². The van der Waals surface area contributed by atoms with Crippen LogP contribution < -0.4 is 4.90 Å². The molecule has 0 aliphatic carbocycles. The number of nitriles is 4. The van der Waals surface area contributed by atoms with Gasteiger partial charge in [-0.25, -0.2) is 9.97 Å². The molecule has 468 valence electrons. The van der Waals surface area contributed by atoms with Crippen LogP contribution >= 0.6 is 0 Å². The van der Waals surface area contributed by atoms with E-state index in [9.17, 15) is 21.0 Å². The van der Waals surface area contributed by atoms with Crippen molar-refractivity contribution in [2.24, 2.45) is 0 Å². The first-order valence-electron chi connectivity index (χ1n) is 32.1. The van der Waals surface area contributed by atoms with Gasteiger partial charge in [-0.15, -0.1) is 0 Å². The summed E-state index contributed by atoms with van der Waals surface area (Å²) in [6.07, 6.45) is 8.58. The molecule has 0 radical (unpaired) electrons. The van der Waals surface area contributed by atoms with Crippen molar-refractivity contribution in [2.75, 3.05) is 19.0 Å². The number of anilines is 1. The zero-order chi connectivity index (χ0) is 67.7. The maximum atomic E-state index is 10.7. The average molecular weight is 1220 g/mol. The number of hydrogen-bond donors (Lipinski definition) is 2. The van der Waals surface area contributed by atoms with Crippen LogP contribution in [0.3, 0.4) is 0 Å². The summed E-state index contributed by atoms with van der Waals surface area (Å²) in [5.41, 5.74) is 22.3. The van der Waals surface area contributed by atoms with E-state index in [2.05, 4.69) is 262 Å². The number of aromatic nitrogens is 4. The number of hydrogen-bond acceptors (Lipinski definition) is 7. The molecule has 0 spiro atoms. The highest BCUT2D eigenvalue weighted by Gasteiger charge is 2.29. The first-order chi connectivity index (χ1) is 43.5. The predicted molar refractivity (Wildman–Crippen MR) is 390 cm³/mol. The van der Waals surface area contributed by atoms with Crippen molar-refractivity contribution >= 4 is 63.2 Å². The molecule has 2 aliphatic rings. The fourth-order valence-corrected chi connectivity index (χ4v) is 12.2. The van der Waals surface area contributed by atoms with Crippen molar-refractivity contribution in [2.45, 2.75) is 157 Å². The zero-order valence-electron chi connectivity index (χ0n) is 58.1. The molecular formula is C84H87N9. The highest BCUT2D eigenvalue weighted by molar-refractivity contribution is 6.11. The Kier molecular flexibility index (Phi) is 17.1. The lowest BCUT2D eigenvalue weighted by molar-refractivity contribution is 0.568. The summed E-state index contributed by atoms with van der Waals surface area (Å²) < 4.78 is 0. The van der Waals surface area contributed by atoms with Crippen molar-refractivity contribution in [1.82, 2.24) is 19.9 Å². The molecule has 0 amide bonds. The Morgan fingerprint density at radius 1 is 0.323 bits per heavy atom. The summed E-state index contributed by atoms with van der Waals surface area (Å²) in [4.78, 5) is 21.6. The van der Waals surface area contributed by atoms with Crippen molar-refractivity contribution < 1.29 is 0 Å². The standard InChI is InChI=1S/C84H87N9/c1-79(2,3)58-37-53(38-59(43-58)80(4,5)6)76-67-31-29-65(89-67)75(52-23-21-50(22-24-52)73(56(46-85)47-86)74(57(48-87)49-88)51-25-27-64(28-26-51)93(19)20)66-30-32-68(90-66)77(54-39-60(81(7,8)9)44-61(40-54)82(10,11)12)70-34-36-72(92-70)78(71-35-33-69(76)91-71)55-41-62(83(13,14)15)45-63(42-55)84(16,17)18/h21-45,89,92H,1-20H3. The van der Waals surface area contributed by atoms with Gasteiger partial charge in [0.25, 0.3) is 0 Å². The molecule has 2 aliphatic heterocycles. The van der Waals surface area contributed by atoms with Gasteiger partial charge in [-0.05, 0) is 160 Å². The van der Waals surface area contributed by atoms with Gasteiger partial charge in [0.05, 0.1) is 22.8 Å². The molecule has 9 nitrogen and oxygen atoms in total. The van der Waals surface area contributed by atoms with E-state index in [1.807, 2.05) is 67.5 Å². The molecule has 8 bridgehead atoms. The third-order valence-electron chi connectivity index (χ3n) is 17.9. The number of nitrogens with one attached hydrogen (secondary N) is 2. The van der Waals surface area contributed by atoms with Gasteiger partial charge in [-0.2, -0.15) is 21.0 Å². The lowest BCUT2D eigenvalue weighted by Crippen LogP contribution is -2.16. The van der Waals surface area contributed by atoms with Gasteiger partial charge in [0, 0.05) is 75.2 Å². The lowest BCUT2D eigenvalue weighted by atomic mass is 9.78. The Morgan fingerprint density at radius 2 is 0.559 bits per heavy atom. The third kappa shape index (κ3) is 13.4. The molecule has 8 aromatic rings. The minimum Gasteiger partial charge on any atom is -0.378 e. The minimum absolute atomic E-state index is 0.156. The van der Waals surface area contributed by atoms with E-state index in [-0.39, 0.29) is 54.8 Å². The molecule has 2 N–H and O–H groups in total. The van der Waals surface area contributed by atoms with Gasteiger partial charge in [0.2, 0.25) is 0 Å². The van der Waals surface area contributed by atoms with Crippen LogP contribution in [0.25, 0.3) is 102 Å². The van der Waals surface area contributed by atoms with Crippen LogP contribution in [0, 0.1) is 45.3 Å². The van der Waals surface area contributed by atoms with E-state index in [0.717, 1.165) is 89.3 Å². The predicted octanol–water partition coefficient (Wildman–Crippen LogP) is 21.5. The second kappa shape index (κ2) is 24.2. The molecule has 9 heteroatoms. The van der Waals surface area contributed by atoms with Gasteiger partial charge in [0.1, 0.15) is 35.4 Å². The fourth-order valence-electron chi connectivity index (χ4n) is 12.2. The van der Waals surface area contributed by atoms with E-state index < -0.39 is 0 Å². The molecule has 0 saturated heterocycles. The van der Waals surface area contributed by atoms with E-state index >= 15 is 0 Å². The molecule has 93 heavy (non-hydrogen) atoms. The zero-order valence-corrected chi connectivity index (χ0v) is 58.1. The van der Waals surface area contributed by atoms with Gasteiger partial charge < -0.3 is 14.9 Å². The number of allylic oxidation sites excluding steroid dienone is 4. The molecule has 10 rings (SSSR count). The van der Waals surface area contributed by atoms with Gasteiger partial charge in [-0.1, -0.05) is 216 Å². The number of fused-ring (bicyclic) bond motifs is 8. The summed E-state index contributed by atoms with van der Waals surface area (Å²) in [6, 6.07) is 53.2. The number of nitrogens with zero attached hydrogens (tertiary/aromatic N) is 7. The van der Waals surface area contributed by atoms with Crippen LogP contribution in [0.15, 0.2) is 139 Å². The molecule has 0 saturated carbocycles. The van der Waals surface area contributed by atoms with Crippen LogP contribution in [0.1, 0.15) is 192 Å². The molecule has 0 unspecified atom stereocenters. The number of rotatable bonds is 8. The minimum atomic E-state index is -0.234. The Labute approximate surface area is 551 Å². The Bertz CT molecular complexity index is 4620. The topological polar surface area (TPSA) is 156 Å². The Balaban J connectivity index is 1.39. The van der Waals surface area contributed by atoms with Crippen LogP contribution in [0.4, 0.5) is 5.69 Å². The maximum absolute atomic E-state index is 10.7. The number of aromatic amines is 2. The molecule has 0 atom stereocenters. The summed E-state index contributed by atoms with van der Waals surface area (Å²) in [6.45, 7) is 40.9. The summed E-state index contributed by atoms with van der Waals surface area (Å²) in [5.74, 6) is 0. The van der Waals surface area contributed by atoms with E-state index in [4.69, 9.17) is 9.97 Å². The van der Waals surface area contributed by atoms with Crippen LogP contribution in [-0.4, -0.2) is 34.0 Å². The quantitative estimate of drug-likeness (QED) is 0.113. The van der Waals surface area contributed by atoms with E-state index in [0.29, 0.717) is 16.8 Å². The molecular weight excluding hydrogens is 1130 g/mol. The van der Waals surface area contributed by atoms with Gasteiger partial charge in [0.15, 0.2) is 0 Å². The van der Waals surface area contributed by atoms with E-state index in [1.165, 1.54) is 33.4 Å². The van der Waals surface area contributed by atoms with Crippen molar-refractivity contribution in [3.05, 3.63) is 206 Å². The van der Waals surface area contributed by atoms with Crippen LogP contribution in [0.2, 0.25) is 0 Å². The second-order valence-electron chi connectivity index (χ2n) is 31.4. The highest BCUT2D eigenvalue weighted by Crippen LogP contribution is 2.45. The number of H-pyrrole nitrogens is 2. The average Bonchev–Trinajstić information content (AvgIpc) is 1.69. The monoisotopic (exact) mass is 1220 g/mol. The van der Waals surface area contributed by atoms with Crippen molar-refractivity contribution in [3.8, 4) is 68.8 Å². The normalized spacial score (nSPS) is 12.6. The molecule has 5 heterocycles. The Morgan fingerprint density at radius 3 is 0.785 bits per heavy atom. The van der Waals surface area contributed by atoms with Gasteiger partial charge in [-0.3, -0.25) is 0 Å². The summed E-state index contributed by atoms with van der Waals surface area (Å²) in [7, 11) is 3.85. The second-order valence-corrected chi connectivity index (χ2v) is 31.4. The van der Waals surface area contributed by atoms with Crippen molar-refractivity contribution in [3.63, 3.8) is 0 Å². The first kappa shape index (κ1) is 65.9. The SMILES string of the molecule is CN(C)c1ccc(C(=C(C#N)C#N)C(=C(C#N)C#N)c2ccc(-c3c4nc(c(-c5cc(C(C)(C)C)cc(C(C)(C)C)c5)c5ccc([nH]5)c(-c5cc(C(C)(C)C)cc(C(C)(C)C)c5)c5nc(c(-c6cc(C(C)(C)C)cc(C(C)(C)C)c6)c6ccc3[nH]6)C=C5)C=C4)cc2)cc1. The van der Waals surface area contributed by atoms with Gasteiger partial charge >= 0.3 is 0 Å². The fraction of sp³-hybridized carbons (Fsp3) is 0.310. The molecule has 3 aromatic heterocycles. The largest absolute Gasteiger partial charge is 0.378 e. The maximum Gasteiger partial charge on any atom is 0.138 e. The van der Waals surface area contributed by atoms with Crippen LogP contribution in [-0.2, 0) is 32.5 Å². The molecule has 5 aromatic carbocycles. The Hall–Kier alpha value is -10.1. The van der Waals surface area contributed by atoms with Crippen molar-refractivity contribution in [1.29, 1.82) is 21.0 Å². The lowest BCUT2D eigenvalue weighted by Gasteiger charge is -2.26. The smallest absolute Gasteiger partial charge is 0.138 e. The number of benzene rings is 5. The first-order valence-corrected chi connectivity index (χ1v) is 32.1. The highest BCUT2D eigenvalue weighted by atomic mass is 15.1. The molecule has 0 fully saturated rings.